The average molecular weight is 250 g/mol. The predicted octanol–water partition coefficient (Wildman–Crippen LogP) is 2.14. The lowest BCUT2D eigenvalue weighted by molar-refractivity contribution is 0.0678. The Hall–Kier alpha value is -1.13. The minimum Gasteiger partial charge on any atom is -0.489 e. The van der Waals surface area contributed by atoms with Gasteiger partial charge in [-0.1, -0.05) is 13.8 Å². The van der Waals surface area contributed by atoms with Gasteiger partial charge in [0.2, 0.25) is 0 Å². The first-order valence-electron chi connectivity index (χ1n) is 6.67. The van der Waals surface area contributed by atoms with E-state index in [4.69, 9.17) is 9.47 Å². The average Bonchev–Trinajstić information content (AvgIpc) is 2.88. The van der Waals surface area contributed by atoms with Crippen LogP contribution in [0.2, 0.25) is 0 Å². The van der Waals surface area contributed by atoms with Crippen molar-refractivity contribution >= 4 is 0 Å². The second kappa shape index (κ2) is 6.71. The monoisotopic (exact) mass is 250 g/mol. The molecule has 1 aliphatic rings. The molecule has 1 aromatic heterocycles. The van der Waals surface area contributed by atoms with E-state index >= 15 is 0 Å². The van der Waals surface area contributed by atoms with Crippen LogP contribution in [0.4, 0.5) is 0 Å². The van der Waals surface area contributed by atoms with E-state index in [2.05, 4.69) is 24.1 Å². The molecule has 2 heterocycles. The molecule has 18 heavy (non-hydrogen) atoms. The summed E-state index contributed by atoms with van der Waals surface area (Å²) in [6, 6.07) is 4.45. The molecule has 0 aromatic carbocycles. The van der Waals surface area contributed by atoms with Gasteiger partial charge in [0.25, 0.3) is 0 Å². The zero-order chi connectivity index (χ0) is 12.8. The fourth-order valence-electron chi connectivity index (χ4n) is 1.87. The number of pyridine rings is 1. The summed E-state index contributed by atoms with van der Waals surface area (Å²) in [5, 5.41) is 3.33. The van der Waals surface area contributed by atoms with Crippen molar-refractivity contribution in [1.29, 1.82) is 0 Å². The first-order valence-corrected chi connectivity index (χ1v) is 6.67. The molecule has 0 radical (unpaired) electrons. The first-order chi connectivity index (χ1) is 8.74. The van der Waals surface area contributed by atoms with Crippen molar-refractivity contribution in [3.8, 4) is 5.75 Å². The fraction of sp³-hybridized carbons (Fsp3) is 0.643. The molecule has 100 valence electrons. The van der Waals surface area contributed by atoms with Crippen LogP contribution in [-0.2, 0) is 11.3 Å². The molecule has 1 saturated heterocycles. The number of nitrogens with one attached hydrogen (secondary N) is 1. The van der Waals surface area contributed by atoms with Crippen molar-refractivity contribution in [2.24, 2.45) is 0 Å². The van der Waals surface area contributed by atoms with Crippen LogP contribution in [0.5, 0.6) is 5.75 Å². The first kappa shape index (κ1) is 13.3. The number of aromatic nitrogens is 1. The van der Waals surface area contributed by atoms with E-state index in [1.807, 2.05) is 12.1 Å². The highest BCUT2D eigenvalue weighted by atomic mass is 16.5. The van der Waals surface area contributed by atoms with Crippen molar-refractivity contribution in [1.82, 2.24) is 10.3 Å². The Kier molecular flexibility index (Phi) is 4.96. The number of nitrogens with zero attached hydrogens (tertiary/aromatic N) is 1. The summed E-state index contributed by atoms with van der Waals surface area (Å²) in [7, 11) is 0. The molecule has 4 nitrogen and oxygen atoms in total. The van der Waals surface area contributed by atoms with Crippen LogP contribution in [0.15, 0.2) is 18.3 Å². The van der Waals surface area contributed by atoms with Gasteiger partial charge in [0.15, 0.2) is 0 Å². The fourth-order valence-corrected chi connectivity index (χ4v) is 1.87. The molecule has 0 bridgehead atoms. The van der Waals surface area contributed by atoms with Crippen molar-refractivity contribution in [3.63, 3.8) is 0 Å². The summed E-state index contributed by atoms with van der Waals surface area (Å²) >= 11 is 0. The third kappa shape index (κ3) is 4.27. The maximum absolute atomic E-state index is 5.66. The molecule has 0 aliphatic carbocycles. The SMILES string of the molecule is CC(C)NCc1ccc(OCC2CCCO2)cn1. The Morgan fingerprint density at radius 2 is 2.39 bits per heavy atom. The molecule has 1 aromatic rings. The summed E-state index contributed by atoms with van der Waals surface area (Å²) < 4.78 is 11.2. The highest BCUT2D eigenvalue weighted by Crippen LogP contribution is 2.15. The van der Waals surface area contributed by atoms with Gasteiger partial charge in [-0.25, -0.2) is 0 Å². The van der Waals surface area contributed by atoms with E-state index in [0.29, 0.717) is 12.6 Å². The number of hydrogen-bond donors (Lipinski definition) is 1. The molecule has 1 fully saturated rings. The maximum Gasteiger partial charge on any atom is 0.137 e. The molecule has 1 atom stereocenters. The van der Waals surface area contributed by atoms with Crippen LogP contribution in [0.1, 0.15) is 32.4 Å². The van der Waals surface area contributed by atoms with Gasteiger partial charge >= 0.3 is 0 Å². The van der Waals surface area contributed by atoms with Gasteiger partial charge in [-0.05, 0) is 25.0 Å². The van der Waals surface area contributed by atoms with Crippen molar-refractivity contribution in [2.75, 3.05) is 13.2 Å². The summed E-state index contributed by atoms with van der Waals surface area (Å²) in [6.07, 6.45) is 4.29. The highest BCUT2D eigenvalue weighted by Gasteiger charge is 2.15. The summed E-state index contributed by atoms with van der Waals surface area (Å²) in [4.78, 5) is 4.37. The molecular weight excluding hydrogens is 228 g/mol. The predicted molar refractivity (Wildman–Crippen MR) is 70.7 cm³/mol. The van der Waals surface area contributed by atoms with Crippen LogP contribution >= 0.6 is 0 Å². The molecule has 1 aliphatic heterocycles. The largest absolute Gasteiger partial charge is 0.489 e. The molecule has 4 heteroatoms. The Morgan fingerprint density at radius 3 is 3.00 bits per heavy atom. The third-order valence-electron chi connectivity index (χ3n) is 2.95. The number of rotatable bonds is 6. The van der Waals surface area contributed by atoms with E-state index < -0.39 is 0 Å². The van der Waals surface area contributed by atoms with E-state index in [0.717, 1.165) is 37.4 Å². The van der Waals surface area contributed by atoms with Gasteiger partial charge in [-0.3, -0.25) is 4.98 Å². The smallest absolute Gasteiger partial charge is 0.137 e. The maximum atomic E-state index is 5.66. The molecular formula is C14H22N2O2. The molecule has 1 unspecified atom stereocenters. The third-order valence-corrected chi connectivity index (χ3v) is 2.95. The summed E-state index contributed by atoms with van der Waals surface area (Å²) in [5.41, 5.74) is 1.04. The van der Waals surface area contributed by atoms with Gasteiger partial charge in [-0.2, -0.15) is 0 Å². The second-order valence-corrected chi connectivity index (χ2v) is 4.97. The van der Waals surface area contributed by atoms with Gasteiger partial charge in [0, 0.05) is 19.2 Å². The zero-order valence-electron chi connectivity index (χ0n) is 11.2. The molecule has 0 amide bonds. The van der Waals surface area contributed by atoms with E-state index in [9.17, 15) is 0 Å². The minimum atomic E-state index is 0.257. The van der Waals surface area contributed by atoms with Gasteiger partial charge in [0.05, 0.1) is 18.0 Å². The number of ether oxygens (including phenoxy) is 2. The zero-order valence-corrected chi connectivity index (χ0v) is 11.2. The lowest BCUT2D eigenvalue weighted by atomic mass is 10.2. The van der Waals surface area contributed by atoms with E-state index in [-0.39, 0.29) is 6.10 Å². The topological polar surface area (TPSA) is 43.4 Å². The van der Waals surface area contributed by atoms with Gasteiger partial charge < -0.3 is 14.8 Å². The standard InChI is InChI=1S/C14H22N2O2/c1-11(2)15-8-12-5-6-13(9-16-12)18-10-14-4-3-7-17-14/h5-6,9,11,14-15H,3-4,7-8,10H2,1-2H3. The van der Waals surface area contributed by atoms with Gasteiger partial charge in [0.1, 0.15) is 12.4 Å². The Labute approximate surface area is 109 Å². The summed E-state index contributed by atoms with van der Waals surface area (Å²) in [5.74, 6) is 0.818. The molecule has 1 N–H and O–H groups in total. The van der Waals surface area contributed by atoms with Crippen molar-refractivity contribution < 1.29 is 9.47 Å². The van der Waals surface area contributed by atoms with Crippen LogP contribution in [0.25, 0.3) is 0 Å². The molecule has 0 saturated carbocycles. The van der Waals surface area contributed by atoms with Crippen LogP contribution in [0.3, 0.4) is 0 Å². The van der Waals surface area contributed by atoms with Crippen molar-refractivity contribution in [3.05, 3.63) is 24.0 Å². The van der Waals surface area contributed by atoms with Crippen LogP contribution in [-0.4, -0.2) is 30.3 Å². The summed E-state index contributed by atoms with van der Waals surface area (Å²) in [6.45, 7) is 6.54. The van der Waals surface area contributed by atoms with Crippen molar-refractivity contribution in [2.45, 2.75) is 45.4 Å². The molecule has 2 rings (SSSR count). The van der Waals surface area contributed by atoms with E-state index in [1.54, 1.807) is 6.20 Å². The second-order valence-electron chi connectivity index (χ2n) is 4.97. The molecule has 0 spiro atoms. The Bertz CT molecular complexity index is 345. The number of hydrogen-bond acceptors (Lipinski definition) is 4. The Morgan fingerprint density at radius 1 is 1.50 bits per heavy atom. The van der Waals surface area contributed by atoms with Crippen LogP contribution < -0.4 is 10.1 Å². The van der Waals surface area contributed by atoms with Gasteiger partial charge in [-0.15, -0.1) is 0 Å². The van der Waals surface area contributed by atoms with Crippen LogP contribution in [0, 0.1) is 0 Å². The normalized spacial score (nSPS) is 19.4. The lowest BCUT2D eigenvalue weighted by Gasteiger charge is -2.12. The lowest BCUT2D eigenvalue weighted by Crippen LogP contribution is -2.22. The highest BCUT2D eigenvalue weighted by molar-refractivity contribution is 5.19. The minimum absolute atomic E-state index is 0.257. The quantitative estimate of drug-likeness (QED) is 0.840. The van der Waals surface area contributed by atoms with E-state index in [1.165, 1.54) is 0 Å². The Balaban J connectivity index is 1.76.